The highest BCUT2D eigenvalue weighted by Crippen LogP contribution is 2.89. The van der Waals surface area contributed by atoms with Crippen LogP contribution >= 0.6 is 0 Å². The van der Waals surface area contributed by atoms with E-state index < -0.39 is 29.5 Å². The number of esters is 1. The van der Waals surface area contributed by atoms with Crippen LogP contribution < -0.4 is 5.73 Å². The molecule has 1 heterocycles. The quantitative estimate of drug-likeness (QED) is 0.334. The average Bonchev–Trinajstić information content (AvgIpc) is 3.22. The highest BCUT2D eigenvalue weighted by Gasteiger charge is 2.85. The zero-order chi connectivity index (χ0) is 31.1. The molecule has 6 fully saturated rings. The molecule has 0 aromatic heterocycles. The zero-order valence-electron chi connectivity index (χ0n) is 27.7. The van der Waals surface area contributed by atoms with Crippen LogP contribution in [-0.2, 0) is 14.3 Å². The maximum absolute atomic E-state index is 12.9. The van der Waals surface area contributed by atoms with E-state index in [2.05, 4.69) is 34.6 Å². The lowest BCUT2D eigenvalue weighted by molar-refractivity contribution is -0.218. The fourth-order valence-electron chi connectivity index (χ4n) is 12.8. The first-order valence-corrected chi connectivity index (χ1v) is 16.9. The predicted octanol–water partition coefficient (Wildman–Crippen LogP) is 4.97. The van der Waals surface area contributed by atoms with Crippen LogP contribution in [0.1, 0.15) is 120 Å². The molecule has 5 saturated carbocycles. The van der Waals surface area contributed by atoms with Gasteiger partial charge in [0.2, 0.25) is 0 Å². The van der Waals surface area contributed by atoms with Crippen molar-refractivity contribution in [2.24, 2.45) is 56.5 Å². The molecule has 5 N–H and O–H groups in total. The van der Waals surface area contributed by atoms with Gasteiger partial charge in [0.25, 0.3) is 0 Å². The summed E-state index contributed by atoms with van der Waals surface area (Å²) < 4.78 is 12.8. The summed E-state index contributed by atoms with van der Waals surface area (Å²) in [6.07, 6.45) is 6.74. The summed E-state index contributed by atoms with van der Waals surface area (Å²) in [6.45, 7) is 18.9. The van der Waals surface area contributed by atoms with E-state index in [0.717, 1.165) is 57.8 Å². The van der Waals surface area contributed by atoms with E-state index in [4.69, 9.17) is 15.2 Å². The largest absolute Gasteiger partial charge is 0.461 e. The Bertz CT molecular complexity index is 1120. The van der Waals surface area contributed by atoms with Crippen molar-refractivity contribution in [3.8, 4) is 0 Å². The summed E-state index contributed by atoms with van der Waals surface area (Å²) in [6, 6.07) is -0.633. The SMILES string of the molecule is CC(C)C(N)C(=O)O[C@H]1CC[C@]23CC24CC[C@]2(C)[C@@H]([C@@]5(C)CC[C@@H](C(C)(C)O)O5)[C@@H](O)C[C@@]2(C)C4C[C@H](O)[C@H]3C1(C)C. The molecule has 7 heteroatoms. The second kappa shape index (κ2) is 9.18. The van der Waals surface area contributed by atoms with Crippen molar-refractivity contribution in [1.82, 2.24) is 0 Å². The maximum atomic E-state index is 12.9. The first kappa shape index (κ1) is 31.3. The van der Waals surface area contributed by atoms with Crippen LogP contribution in [0.2, 0.25) is 0 Å². The number of carbonyl (C=O) groups excluding carboxylic acids is 1. The van der Waals surface area contributed by atoms with E-state index in [1.165, 1.54) is 0 Å². The van der Waals surface area contributed by atoms with E-state index in [0.29, 0.717) is 5.92 Å². The topological polar surface area (TPSA) is 122 Å². The molecule has 0 bridgehead atoms. The van der Waals surface area contributed by atoms with Gasteiger partial charge in [-0.25, -0.2) is 0 Å². The molecule has 0 radical (unpaired) electrons. The molecule has 0 aromatic rings. The van der Waals surface area contributed by atoms with Gasteiger partial charge in [-0.3, -0.25) is 4.79 Å². The van der Waals surface area contributed by atoms with Crippen LogP contribution in [0.4, 0.5) is 0 Å². The Labute approximate surface area is 253 Å². The standard InChI is InChI=1S/C35H59NO6/c1-19(2)25(36)28(39)41-23-11-13-35-18-34(35)15-14-31(7)27(33(9)12-10-24(42-33)30(5,6)40)21(38)17-32(31,8)22(34)16-20(37)26(35)29(23,3)4/h19-27,37-38,40H,10-18,36H2,1-9H3/t20-,21-,22?,23-,24-,25?,26-,27-,31+,32-,33+,34?,35+/m0/s1. The van der Waals surface area contributed by atoms with Gasteiger partial charge >= 0.3 is 5.97 Å². The Hall–Kier alpha value is -0.730. The molecule has 1 saturated heterocycles. The van der Waals surface area contributed by atoms with Crippen molar-refractivity contribution in [3.05, 3.63) is 0 Å². The minimum absolute atomic E-state index is 0.0129. The van der Waals surface area contributed by atoms with Gasteiger partial charge in [-0.1, -0.05) is 41.5 Å². The summed E-state index contributed by atoms with van der Waals surface area (Å²) in [5, 5.41) is 34.7. The molecule has 2 spiro atoms. The van der Waals surface area contributed by atoms with E-state index in [-0.39, 0.29) is 63.0 Å². The van der Waals surface area contributed by atoms with Crippen molar-refractivity contribution in [2.45, 2.75) is 162 Å². The van der Waals surface area contributed by atoms with E-state index in [1.54, 1.807) is 0 Å². The van der Waals surface area contributed by atoms with E-state index >= 15 is 0 Å². The number of ether oxygens (including phenoxy) is 2. The Morgan fingerprint density at radius 1 is 0.929 bits per heavy atom. The van der Waals surface area contributed by atoms with Gasteiger partial charge in [-0.05, 0) is 118 Å². The molecule has 3 unspecified atom stereocenters. The number of aliphatic hydroxyl groups is 3. The third kappa shape index (κ3) is 3.85. The predicted molar refractivity (Wildman–Crippen MR) is 161 cm³/mol. The van der Waals surface area contributed by atoms with Crippen molar-refractivity contribution < 1.29 is 29.6 Å². The second-order valence-electron chi connectivity index (χ2n) is 18.1. The van der Waals surface area contributed by atoms with E-state index in [9.17, 15) is 20.1 Å². The summed E-state index contributed by atoms with van der Waals surface area (Å²) in [4.78, 5) is 12.9. The average molecular weight is 590 g/mol. The maximum Gasteiger partial charge on any atom is 0.323 e. The molecule has 1 aliphatic heterocycles. The highest BCUT2D eigenvalue weighted by molar-refractivity contribution is 5.76. The normalized spacial score (nSPS) is 53.5. The molecular weight excluding hydrogens is 530 g/mol. The lowest BCUT2D eigenvalue weighted by Gasteiger charge is -2.64. The second-order valence-corrected chi connectivity index (χ2v) is 18.1. The van der Waals surface area contributed by atoms with Crippen LogP contribution in [-0.4, -0.2) is 62.9 Å². The number of aliphatic hydroxyl groups excluding tert-OH is 2. The Morgan fingerprint density at radius 3 is 2.19 bits per heavy atom. The van der Waals surface area contributed by atoms with Crippen LogP contribution in [0.25, 0.3) is 0 Å². The van der Waals surface area contributed by atoms with Crippen LogP contribution in [0.3, 0.4) is 0 Å². The smallest absolute Gasteiger partial charge is 0.323 e. The van der Waals surface area contributed by atoms with Gasteiger partial charge < -0.3 is 30.5 Å². The highest BCUT2D eigenvalue weighted by atomic mass is 16.5. The molecular formula is C35H59NO6. The van der Waals surface area contributed by atoms with Gasteiger partial charge in [-0.15, -0.1) is 0 Å². The molecule has 13 atom stereocenters. The number of carbonyl (C=O) groups is 1. The minimum atomic E-state index is -0.912. The van der Waals surface area contributed by atoms with Crippen molar-refractivity contribution in [3.63, 3.8) is 0 Å². The fourth-order valence-corrected chi connectivity index (χ4v) is 12.8. The number of hydrogen-bond acceptors (Lipinski definition) is 7. The molecule has 5 aliphatic carbocycles. The zero-order valence-corrected chi connectivity index (χ0v) is 27.7. The molecule has 0 aromatic carbocycles. The third-order valence-corrected chi connectivity index (χ3v) is 15.0. The monoisotopic (exact) mass is 589 g/mol. The number of rotatable bonds is 5. The molecule has 240 valence electrons. The van der Waals surface area contributed by atoms with Crippen molar-refractivity contribution in [1.29, 1.82) is 0 Å². The van der Waals surface area contributed by atoms with Gasteiger partial charge in [0.05, 0.1) is 29.5 Å². The molecule has 7 nitrogen and oxygen atoms in total. The van der Waals surface area contributed by atoms with Gasteiger partial charge in [0.15, 0.2) is 0 Å². The number of hydrogen-bond donors (Lipinski definition) is 4. The third-order valence-electron chi connectivity index (χ3n) is 15.0. The van der Waals surface area contributed by atoms with Crippen molar-refractivity contribution >= 4 is 5.97 Å². The van der Waals surface area contributed by atoms with Crippen LogP contribution in [0.15, 0.2) is 0 Å². The van der Waals surface area contributed by atoms with Crippen LogP contribution in [0, 0.1) is 50.7 Å². The first-order chi connectivity index (χ1) is 19.2. The molecule has 42 heavy (non-hydrogen) atoms. The van der Waals surface area contributed by atoms with Gasteiger partial charge in [-0.2, -0.15) is 0 Å². The van der Waals surface area contributed by atoms with Crippen LogP contribution in [0.5, 0.6) is 0 Å². The summed E-state index contributed by atoms with van der Waals surface area (Å²) in [7, 11) is 0. The first-order valence-electron chi connectivity index (χ1n) is 16.9. The fraction of sp³-hybridized carbons (Fsp3) is 0.971. The Kier molecular flexibility index (Phi) is 6.83. The lowest BCUT2D eigenvalue weighted by atomic mass is 9.41. The van der Waals surface area contributed by atoms with E-state index in [1.807, 2.05) is 27.7 Å². The summed E-state index contributed by atoms with van der Waals surface area (Å²) in [5.41, 5.74) is 4.37. The molecule has 0 amide bonds. The Balaban J connectivity index is 1.29. The summed E-state index contributed by atoms with van der Waals surface area (Å²) in [5.74, 6) is 0.0783. The molecule has 6 aliphatic rings. The van der Waals surface area contributed by atoms with Gasteiger partial charge in [0.1, 0.15) is 12.1 Å². The number of nitrogens with two attached hydrogens (primary N) is 1. The minimum Gasteiger partial charge on any atom is -0.461 e. The van der Waals surface area contributed by atoms with Gasteiger partial charge in [0, 0.05) is 11.3 Å². The summed E-state index contributed by atoms with van der Waals surface area (Å²) >= 11 is 0. The Morgan fingerprint density at radius 2 is 1.60 bits per heavy atom. The number of fused-ring (bicyclic) bond motifs is 2. The molecule has 6 rings (SSSR count). The lowest BCUT2D eigenvalue weighted by Crippen LogP contribution is -2.62. The van der Waals surface area contributed by atoms with Crippen molar-refractivity contribution in [2.75, 3.05) is 0 Å².